The van der Waals surface area contributed by atoms with Gasteiger partial charge in [0.05, 0.1) is 12.7 Å². The van der Waals surface area contributed by atoms with E-state index in [-0.39, 0.29) is 17.2 Å². The van der Waals surface area contributed by atoms with E-state index in [0.717, 1.165) is 5.56 Å². The second kappa shape index (κ2) is 6.50. The van der Waals surface area contributed by atoms with Crippen LogP contribution in [0, 0.1) is 0 Å². The lowest BCUT2D eigenvalue weighted by molar-refractivity contribution is 0.0781. The summed E-state index contributed by atoms with van der Waals surface area (Å²) in [7, 11) is 3.18. The van der Waals surface area contributed by atoms with Gasteiger partial charge in [0.1, 0.15) is 11.5 Å². The van der Waals surface area contributed by atoms with Crippen LogP contribution in [0.4, 0.5) is 0 Å². The molecule has 1 N–H and O–H groups in total. The Kier molecular flexibility index (Phi) is 4.70. The van der Waals surface area contributed by atoms with Crippen molar-refractivity contribution >= 4 is 17.5 Å². The molecule has 1 amide bonds. The van der Waals surface area contributed by atoms with Crippen molar-refractivity contribution < 1.29 is 14.6 Å². The molecular formula is C16H16ClNO3. The number of carbonyl (C=O) groups is 1. The number of carbonyl (C=O) groups excluding carboxylic acids is 1. The van der Waals surface area contributed by atoms with Gasteiger partial charge in [0.2, 0.25) is 0 Å². The minimum Gasteiger partial charge on any atom is -0.507 e. The number of hydrogen-bond acceptors (Lipinski definition) is 3. The van der Waals surface area contributed by atoms with Crippen LogP contribution in [0.15, 0.2) is 42.5 Å². The van der Waals surface area contributed by atoms with Gasteiger partial charge in [-0.25, -0.2) is 0 Å². The first kappa shape index (κ1) is 15.2. The molecule has 2 rings (SSSR count). The van der Waals surface area contributed by atoms with Crippen LogP contribution in [0.1, 0.15) is 15.9 Å². The molecule has 0 atom stereocenters. The van der Waals surface area contributed by atoms with Crippen LogP contribution >= 0.6 is 11.6 Å². The minimum absolute atomic E-state index is 0.0706. The first-order chi connectivity index (χ1) is 10.0. The van der Waals surface area contributed by atoms with Crippen LogP contribution in [-0.4, -0.2) is 30.1 Å². The summed E-state index contributed by atoms with van der Waals surface area (Å²) in [6.45, 7) is 0.399. The molecule has 0 spiro atoms. The molecule has 21 heavy (non-hydrogen) atoms. The quantitative estimate of drug-likeness (QED) is 0.942. The summed E-state index contributed by atoms with van der Waals surface area (Å²) < 4.78 is 5.07. The molecule has 0 fully saturated rings. The first-order valence-corrected chi connectivity index (χ1v) is 6.76. The van der Waals surface area contributed by atoms with E-state index in [1.54, 1.807) is 25.2 Å². The topological polar surface area (TPSA) is 49.8 Å². The van der Waals surface area contributed by atoms with Gasteiger partial charge in [-0.1, -0.05) is 23.7 Å². The molecule has 110 valence electrons. The van der Waals surface area contributed by atoms with Gasteiger partial charge in [0, 0.05) is 18.6 Å². The van der Waals surface area contributed by atoms with Gasteiger partial charge in [-0.05, 0) is 35.9 Å². The molecule has 0 aliphatic heterocycles. The number of aromatic hydroxyl groups is 1. The molecule has 0 saturated heterocycles. The van der Waals surface area contributed by atoms with E-state index in [1.165, 1.54) is 24.1 Å². The molecule has 0 aliphatic rings. The van der Waals surface area contributed by atoms with E-state index in [4.69, 9.17) is 16.3 Å². The highest BCUT2D eigenvalue weighted by molar-refractivity contribution is 6.30. The lowest BCUT2D eigenvalue weighted by atomic mass is 10.1. The van der Waals surface area contributed by atoms with Crippen molar-refractivity contribution in [1.29, 1.82) is 0 Å². The van der Waals surface area contributed by atoms with Crippen molar-refractivity contribution in [2.24, 2.45) is 0 Å². The minimum atomic E-state index is -0.286. The molecule has 0 aliphatic carbocycles. The Hall–Kier alpha value is -2.20. The second-order valence-electron chi connectivity index (χ2n) is 4.67. The average molecular weight is 306 g/mol. The van der Waals surface area contributed by atoms with Crippen LogP contribution < -0.4 is 4.74 Å². The highest BCUT2D eigenvalue weighted by Gasteiger charge is 2.17. The molecule has 0 heterocycles. The smallest absolute Gasteiger partial charge is 0.257 e. The first-order valence-electron chi connectivity index (χ1n) is 6.38. The number of phenols is 1. The van der Waals surface area contributed by atoms with Gasteiger partial charge in [-0.2, -0.15) is 0 Å². The summed E-state index contributed by atoms with van der Waals surface area (Å²) >= 11 is 5.93. The fraction of sp³-hybridized carbons (Fsp3) is 0.188. The zero-order valence-corrected chi connectivity index (χ0v) is 12.6. The molecule has 4 nitrogen and oxygen atoms in total. The summed E-state index contributed by atoms with van der Waals surface area (Å²) in [5.41, 5.74) is 1.12. The van der Waals surface area contributed by atoms with E-state index >= 15 is 0 Å². The largest absolute Gasteiger partial charge is 0.507 e. The van der Waals surface area contributed by atoms with Crippen LogP contribution in [-0.2, 0) is 6.54 Å². The van der Waals surface area contributed by atoms with Gasteiger partial charge in [-0.3, -0.25) is 4.79 Å². The van der Waals surface area contributed by atoms with Gasteiger partial charge >= 0.3 is 0 Å². The Morgan fingerprint density at radius 3 is 2.71 bits per heavy atom. The van der Waals surface area contributed by atoms with Gasteiger partial charge < -0.3 is 14.7 Å². The summed E-state index contributed by atoms with van der Waals surface area (Å²) in [6.07, 6.45) is 0. The SMILES string of the molecule is COc1ccc(O)c(C(=O)N(C)Cc2cccc(Cl)c2)c1. The molecule has 0 saturated carbocycles. The van der Waals surface area contributed by atoms with Crippen molar-refractivity contribution in [3.63, 3.8) is 0 Å². The maximum atomic E-state index is 12.4. The average Bonchev–Trinajstić information content (AvgIpc) is 2.47. The maximum absolute atomic E-state index is 12.4. The zero-order valence-electron chi connectivity index (χ0n) is 11.8. The Labute approximate surface area is 128 Å². The van der Waals surface area contributed by atoms with E-state index in [0.29, 0.717) is 17.3 Å². The van der Waals surface area contributed by atoms with Crippen LogP contribution in [0.3, 0.4) is 0 Å². The maximum Gasteiger partial charge on any atom is 0.257 e. The summed E-state index contributed by atoms with van der Waals surface area (Å²) in [5, 5.41) is 10.5. The van der Waals surface area contributed by atoms with Crippen molar-refractivity contribution in [1.82, 2.24) is 4.90 Å². The molecule has 0 aromatic heterocycles. The van der Waals surface area contributed by atoms with Gasteiger partial charge in [0.15, 0.2) is 0 Å². The molecule has 0 bridgehead atoms. The third kappa shape index (κ3) is 3.67. The molecule has 2 aromatic rings. The van der Waals surface area contributed by atoms with Crippen LogP contribution in [0.2, 0.25) is 5.02 Å². The number of phenolic OH excluding ortho intramolecular Hbond substituents is 1. The lowest BCUT2D eigenvalue weighted by Gasteiger charge is -2.18. The fourth-order valence-corrected chi connectivity index (χ4v) is 2.21. The van der Waals surface area contributed by atoms with Gasteiger partial charge in [-0.15, -0.1) is 0 Å². The Morgan fingerprint density at radius 1 is 1.29 bits per heavy atom. The van der Waals surface area contributed by atoms with Crippen molar-refractivity contribution in [3.8, 4) is 11.5 Å². The molecule has 2 aromatic carbocycles. The lowest BCUT2D eigenvalue weighted by Crippen LogP contribution is -2.26. The highest BCUT2D eigenvalue weighted by atomic mass is 35.5. The van der Waals surface area contributed by atoms with Crippen molar-refractivity contribution in [2.45, 2.75) is 6.54 Å². The number of methoxy groups -OCH3 is 1. The number of nitrogens with zero attached hydrogens (tertiary/aromatic N) is 1. The van der Waals surface area contributed by atoms with E-state index < -0.39 is 0 Å². The third-order valence-electron chi connectivity index (χ3n) is 3.09. The monoisotopic (exact) mass is 305 g/mol. The van der Waals surface area contributed by atoms with Crippen molar-refractivity contribution in [2.75, 3.05) is 14.2 Å². The Bertz CT molecular complexity index is 658. The number of amides is 1. The Balaban J connectivity index is 2.19. The molecule has 0 radical (unpaired) electrons. The Morgan fingerprint density at radius 2 is 2.05 bits per heavy atom. The summed E-state index contributed by atoms with van der Waals surface area (Å²) in [5.74, 6) is 0.164. The molecule has 0 unspecified atom stereocenters. The number of halogens is 1. The zero-order chi connectivity index (χ0) is 15.4. The third-order valence-corrected chi connectivity index (χ3v) is 3.32. The molecule has 5 heteroatoms. The predicted octanol–water partition coefficient (Wildman–Crippen LogP) is 3.33. The normalized spacial score (nSPS) is 10.2. The molecular weight excluding hydrogens is 290 g/mol. The fourth-order valence-electron chi connectivity index (χ4n) is 2.00. The predicted molar refractivity (Wildman–Crippen MR) is 81.9 cm³/mol. The van der Waals surface area contributed by atoms with Crippen molar-refractivity contribution in [3.05, 3.63) is 58.6 Å². The van der Waals surface area contributed by atoms with E-state index in [1.807, 2.05) is 12.1 Å². The number of ether oxygens (including phenoxy) is 1. The standard InChI is InChI=1S/C16H16ClNO3/c1-18(10-11-4-3-5-12(17)8-11)16(20)14-9-13(21-2)6-7-15(14)19/h3-9,19H,10H2,1-2H3. The number of hydrogen-bond donors (Lipinski definition) is 1. The summed E-state index contributed by atoms with van der Waals surface area (Å²) in [4.78, 5) is 13.9. The van der Waals surface area contributed by atoms with E-state index in [9.17, 15) is 9.90 Å². The number of benzene rings is 2. The highest BCUT2D eigenvalue weighted by Crippen LogP contribution is 2.24. The second-order valence-corrected chi connectivity index (χ2v) is 5.11. The van der Waals surface area contributed by atoms with E-state index in [2.05, 4.69) is 0 Å². The van der Waals surface area contributed by atoms with Gasteiger partial charge in [0.25, 0.3) is 5.91 Å². The summed E-state index contributed by atoms with van der Waals surface area (Å²) in [6, 6.07) is 11.9. The van der Waals surface area contributed by atoms with Crippen LogP contribution in [0.25, 0.3) is 0 Å². The number of rotatable bonds is 4. The van der Waals surface area contributed by atoms with Crippen LogP contribution in [0.5, 0.6) is 11.5 Å².